The molecule has 5 heteroatoms. The highest BCUT2D eigenvalue weighted by atomic mass is 16.5. The van der Waals surface area contributed by atoms with Crippen LogP contribution in [-0.4, -0.2) is 26.2 Å². The van der Waals surface area contributed by atoms with Crippen molar-refractivity contribution in [2.24, 2.45) is 0 Å². The number of carbonyl (C=O) groups is 1. The molecule has 22 heavy (non-hydrogen) atoms. The molecule has 0 bridgehead atoms. The molecule has 2 aromatic rings. The van der Waals surface area contributed by atoms with Gasteiger partial charge in [-0.25, -0.2) is 4.79 Å². The molecule has 2 rings (SSSR count). The lowest BCUT2D eigenvalue weighted by atomic mass is 10.2. The number of rotatable bonds is 7. The fourth-order valence-electron chi connectivity index (χ4n) is 1.90. The molecular weight excluding hydrogens is 280 g/mol. The normalized spacial score (nSPS) is 10.0. The standard InChI is InChI=1S/C17H20N2O3/c1-21-17(20)13-3-9-16(10-4-13)22-12-2-11-19-15-7-5-14(18)6-8-15/h3-10,19H,2,11-12,18H2,1H3. The van der Waals surface area contributed by atoms with Crippen molar-refractivity contribution in [1.29, 1.82) is 0 Å². The third kappa shape index (κ3) is 4.70. The predicted molar refractivity (Wildman–Crippen MR) is 87.2 cm³/mol. The van der Waals surface area contributed by atoms with Crippen molar-refractivity contribution >= 4 is 17.3 Å². The molecule has 0 aliphatic heterocycles. The van der Waals surface area contributed by atoms with Crippen molar-refractivity contribution in [3.05, 3.63) is 54.1 Å². The highest BCUT2D eigenvalue weighted by Gasteiger charge is 2.04. The molecule has 0 spiro atoms. The van der Waals surface area contributed by atoms with E-state index >= 15 is 0 Å². The van der Waals surface area contributed by atoms with E-state index in [1.54, 1.807) is 24.3 Å². The number of carbonyl (C=O) groups excluding carboxylic acids is 1. The number of ether oxygens (including phenoxy) is 2. The molecule has 0 aliphatic carbocycles. The van der Waals surface area contributed by atoms with Gasteiger partial charge in [0.15, 0.2) is 0 Å². The van der Waals surface area contributed by atoms with Gasteiger partial charge in [0.1, 0.15) is 5.75 Å². The summed E-state index contributed by atoms with van der Waals surface area (Å²) >= 11 is 0. The smallest absolute Gasteiger partial charge is 0.337 e. The third-order valence-electron chi connectivity index (χ3n) is 3.11. The first kappa shape index (κ1) is 15.7. The van der Waals surface area contributed by atoms with Crippen LogP contribution in [0.3, 0.4) is 0 Å². The predicted octanol–water partition coefficient (Wildman–Crippen LogP) is 2.94. The van der Waals surface area contributed by atoms with E-state index in [1.165, 1.54) is 7.11 Å². The minimum atomic E-state index is -0.348. The number of benzene rings is 2. The van der Waals surface area contributed by atoms with Crippen LogP contribution in [0.2, 0.25) is 0 Å². The summed E-state index contributed by atoms with van der Waals surface area (Å²) in [5, 5.41) is 3.29. The van der Waals surface area contributed by atoms with Crippen LogP contribution in [0.15, 0.2) is 48.5 Å². The molecule has 0 saturated heterocycles. The van der Waals surface area contributed by atoms with Gasteiger partial charge < -0.3 is 20.5 Å². The van der Waals surface area contributed by atoms with Gasteiger partial charge in [0, 0.05) is 17.9 Å². The van der Waals surface area contributed by atoms with Crippen LogP contribution in [0.4, 0.5) is 11.4 Å². The zero-order chi connectivity index (χ0) is 15.8. The van der Waals surface area contributed by atoms with Gasteiger partial charge in [-0.15, -0.1) is 0 Å². The fraction of sp³-hybridized carbons (Fsp3) is 0.235. The first-order valence-corrected chi connectivity index (χ1v) is 7.09. The van der Waals surface area contributed by atoms with Gasteiger partial charge in [-0.2, -0.15) is 0 Å². The average molecular weight is 300 g/mol. The van der Waals surface area contributed by atoms with Gasteiger partial charge in [0.25, 0.3) is 0 Å². The average Bonchev–Trinajstić information content (AvgIpc) is 2.56. The highest BCUT2D eigenvalue weighted by molar-refractivity contribution is 5.89. The van der Waals surface area contributed by atoms with E-state index in [0.717, 1.165) is 30.1 Å². The van der Waals surface area contributed by atoms with E-state index < -0.39 is 0 Å². The Morgan fingerprint density at radius 3 is 2.41 bits per heavy atom. The van der Waals surface area contributed by atoms with Crippen molar-refractivity contribution in [3.63, 3.8) is 0 Å². The Balaban J connectivity index is 1.68. The number of anilines is 2. The largest absolute Gasteiger partial charge is 0.494 e. The van der Waals surface area contributed by atoms with E-state index in [2.05, 4.69) is 10.1 Å². The van der Waals surface area contributed by atoms with E-state index in [1.807, 2.05) is 24.3 Å². The second-order valence-electron chi connectivity index (χ2n) is 4.77. The summed E-state index contributed by atoms with van der Waals surface area (Å²) in [5.41, 5.74) is 7.94. The summed E-state index contributed by atoms with van der Waals surface area (Å²) in [4.78, 5) is 11.3. The number of methoxy groups -OCH3 is 1. The SMILES string of the molecule is COC(=O)c1ccc(OCCCNc2ccc(N)cc2)cc1. The molecule has 0 radical (unpaired) electrons. The summed E-state index contributed by atoms with van der Waals surface area (Å²) in [6, 6.07) is 14.5. The molecule has 0 fully saturated rings. The van der Waals surface area contributed by atoms with Gasteiger partial charge in [0.05, 0.1) is 19.3 Å². The fourth-order valence-corrected chi connectivity index (χ4v) is 1.90. The topological polar surface area (TPSA) is 73.6 Å². The number of nitrogen functional groups attached to an aromatic ring is 1. The molecule has 116 valence electrons. The molecule has 0 aliphatic rings. The van der Waals surface area contributed by atoms with Crippen molar-refractivity contribution in [3.8, 4) is 5.75 Å². The maximum absolute atomic E-state index is 11.3. The Morgan fingerprint density at radius 2 is 1.77 bits per heavy atom. The van der Waals surface area contributed by atoms with Crippen LogP contribution >= 0.6 is 0 Å². The van der Waals surface area contributed by atoms with Crippen molar-refractivity contribution in [2.75, 3.05) is 31.3 Å². The number of hydrogen-bond donors (Lipinski definition) is 2. The van der Waals surface area contributed by atoms with E-state index in [9.17, 15) is 4.79 Å². The number of nitrogens with one attached hydrogen (secondary N) is 1. The van der Waals surface area contributed by atoms with E-state index in [0.29, 0.717) is 12.2 Å². The quantitative estimate of drug-likeness (QED) is 0.467. The molecule has 2 aromatic carbocycles. The Labute approximate surface area is 130 Å². The van der Waals surface area contributed by atoms with Gasteiger partial charge >= 0.3 is 5.97 Å². The molecule has 0 heterocycles. The summed E-state index contributed by atoms with van der Waals surface area (Å²) in [6.45, 7) is 1.41. The second-order valence-corrected chi connectivity index (χ2v) is 4.77. The molecule has 0 atom stereocenters. The monoisotopic (exact) mass is 300 g/mol. The van der Waals surface area contributed by atoms with Crippen LogP contribution < -0.4 is 15.8 Å². The van der Waals surface area contributed by atoms with Crippen molar-refractivity contribution < 1.29 is 14.3 Å². The molecule has 3 N–H and O–H groups in total. The second kappa shape index (κ2) is 7.93. The lowest BCUT2D eigenvalue weighted by Crippen LogP contribution is -2.07. The van der Waals surface area contributed by atoms with Gasteiger partial charge in [-0.1, -0.05) is 0 Å². The lowest BCUT2D eigenvalue weighted by molar-refractivity contribution is 0.0600. The highest BCUT2D eigenvalue weighted by Crippen LogP contribution is 2.13. The molecule has 5 nitrogen and oxygen atoms in total. The van der Waals surface area contributed by atoms with Crippen LogP contribution in [0.5, 0.6) is 5.75 Å². The first-order valence-electron chi connectivity index (χ1n) is 7.09. The van der Waals surface area contributed by atoms with Crippen molar-refractivity contribution in [2.45, 2.75) is 6.42 Å². The summed E-state index contributed by atoms with van der Waals surface area (Å²) < 4.78 is 10.3. The Morgan fingerprint density at radius 1 is 1.09 bits per heavy atom. The summed E-state index contributed by atoms with van der Waals surface area (Å²) in [6.07, 6.45) is 0.864. The zero-order valence-corrected chi connectivity index (χ0v) is 12.5. The van der Waals surface area contributed by atoms with Crippen molar-refractivity contribution in [1.82, 2.24) is 0 Å². The molecule has 0 unspecified atom stereocenters. The van der Waals surface area contributed by atoms with E-state index in [-0.39, 0.29) is 5.97 Å². The van der Waals surface area contributed by atoms with Crippen LogP contribution in [0, 0.1) is 0 Å². The summed E-state index contributed by atoms with van der Waals surface area (Å²) in [7, 11) is 1.36. The minimum Gasteiger partial charge on any atom is -0.494 e. The third-order valence-corrected chi connectivity index (χ3v) is 3.11. The number of hydrogen-bond acceptors (Lipinski definition) is 5. The Kier molecular flexibility index (Phi) is 5.65. The van der Waals surface area contributed by atoms with Crippen LogP contribution in [-0.2, 0) is 4.74 Å². The molecule has 0 saturated carbocycles. The minimum absolute atomic E-state index is 0.348. The van der Waals surface area contributed by atoms with E-state index in [4.69, 9.17) is 10.5 Å². The van der Waals surface area contributed by atoms with Gasteiger partial charge in [0.2, 0.25) is 0 Å². The Hall–Kier alpha value is -2.69. The van der Waals surface area contributed by atoms with Crippen LogP contribution in [0.25, 0.3) is 0 Å². The number of nitrogens with two attached hydrogens (primary N) is 1. The lowest BCUT2D eigenvalue weighted by Gasteiger charge is -2.09. The maximum Gasteiger partial charge on any atom is 0.337 e. The maximum atomic E-state index is 11.3. The van der Waals surface area contributed by atoms with Crippen LogP contribution in [0.1, 0.15) is 16.8 Å². The molecule has 0 amide bonds. The molecular formula is C17H20N2O3. The first-order chi connectivity index (χ1) is 10.7. The Bertz CT molecular complexity index is 594. The molecule has 0 aromatic heterocycles. The number of esters is 1. The summed E-state index contributed by atoms with van der Waals surface area (Å²) in [5.74, 6) is 0.388. The van der Waals surface area contributed by atoms with Gasteiger partial charge in [-0.3, -0.25) is 0 Å². The van der Waals surface area contributed by atoms with Gasteiger partial charge in [-0.05, 0) is 55.0 Å². The zero-order valence-electron chi connectivity index (χ0n) is 12.5.